The molecule has 2 aromatic heterocycles. The fourth-order valence-electron chi connectivity index (χ4n) is 1.67. The molecule has 1 N–H and O–H groups in total. The summed E-state index contributed by atoms with van der Waals surface area (Å²) in [5, 5.41) is 8.90. The number of pyridine rings is 1. The van der Waals surface area contributed by atoms with Crippen LogP contribution in [0.25, 0.3) is 0 Å². The maximum Gasteiger partial charge on any atom is 0.345 e. The van der Waals surface area contributed by atoms with E-state index >= 15 is 0 Å². The number of hydrogen-bond acceptors (Lipinski definition) is 4. The zero-order valence-corrected chi connectivity index (χ0v) is 11.4. The van der Waals surface area contributed by atoms with E-state index in [1.807, 2.05) is 25.1 Å². The molecule has 0 saturated carbocycles. The third kappa shape index (κ3) is 3.87. The lowest BCUT2D eigenvalue weighted by atomic mass is 10.2. The predicted octanol–water partition coefficient (Wildman–Crippen LogP) is 2.91. The summed E-state index contributed by atoms with van der Waals surface area (Å²) in [6.45, 7) is 2.94. The molecule has 4 nitrogen and oxygen atoms in total. The van der Waals surface area contributed by atoms with E-state index in [1.54, 1.807) is 12.3 Å². The Kier molecular flexibility index (Phi) is 4.65. The van der Waals surface area contributed by atoms with Crippen molar-refractivity contribution in [2.75, 3.05) is 6.61 Å². The highest BCUT2D eigenvalue weighted by Crippen LogP contribution is 2.22. The van der Waals surface area contributed by atoms with Crippen LogP contribution >= 0.6 is 11.3 Å². The SMILES string of the molecule is Cc1sc(C(=O)O)cc1COCCc1ccccn1. The van der Waals surface area contributed by atoms with Crippen LogP contribution in [0.4, 0.5) is 0 Å². The van der Waals surface area contributed by atoms with Crippen molar-refractivity contribution in [3.05, 3.63) is 51.5 Å². The molecule has 0 aliphatic rings. The van der Waals surface area contributed by atoms with Crippen molar-refractivity contribution in [2.24, 2.45) is 0 Å². The Labute approximate surface area is 115 Å². The molecule has 100 valence electrons. The average molecular weight is 277 g/mol. The number of aromatic nitrogens is 1. The molecular weight excluding hydrogens is 262 g/mol. The summed E-state index contributed by atoms with van der Waals surface area (Å²) in [4.78, 5) is 16.4. The Morgan fingerprint density at radius 3 is 2.95 bits per heavy atom. The molecule has 0 aromatic carbocycles. The van der Waals surface area contributed by atoms with E-state index in [2.05, 4.69) is 4.98 Å². The molecule has 0 fully saturated rings. The lowest BCUT2D eigenvalue weighted by molar-refractivity contribution is 0.0702. The van der Waals surface area contributed by atoms with E-state index in [9.17, 15) is 4.79 Å². The third-order valence-electron chi connectivity index (χ3n) is 2.72. The number of carboxylic acid groups (broad SMARTS) is 1. The van der Waals surface area contributed by atoms with Gasteiger partial charge in [-0.05, 0) is 30.7 Å². The van der Waals surface area contributed by atoms with Crippen LogP contribution in [0.3, 0.4) is 0 Å². The van der Waals surface area contributed by atoms with Crippen LogP contribution < -0.4 is 0 Å². The van der Waals surface area contributed by atoms with Crippen molar-refractivity contribution in [3.63, 3.8) is 0 Å². The maximum absolute atomic E-state index is 10.8. The van der Waals surface area contributed by atoms with Crippen LogP contribution in [0.2, 0.25) is 0 Å². The maximum atomic E-state index is 10.8. The molecule has 0 saturated heterocycles. The van der Waals surface area contributed by atoms with Gasteiger partial charge < -0.3 is 9.84 Å². The monoisotopic (exact) mass is 277 g/mol. The third-order valence-corrected chi connectivity index (χ3v) is 3.80. The van der Waals surface area contributed by atoms with Crippen molar-refractivity contribution in [1.82, 2.24) is 4.98 Å². The van der Waals surface area contributed by atoms with Gasteiger partial charge in [-0.1, -0.05) is 6.07 Å². The van der Waals surface area contributed by atoms with Crippen LogP contribution in [-0.2, 0) is 17.8 Å². The number of ether oxygens (including phenoxy) is 1. The van der Waals surface area contributed by atoms with Crippen molar-refractivity contribution in [2.45, 2.75) is 20.0 Å². The number of thiophene rings is 1. The van der Waals surface area contributed by atoms with Gasteiger partial charge in [-0.25, -0.2) is 4.79 Å². The van der Waals surface area contributed by atoms with Crippen molar-refractivity contribution < 1.29 is 14.6 Å². The van der Waals surface area contributed by atoms with Gasteiger partial charge in [0, 0.05) is 23.2 Å². The molecule has 5 heteroatoms. The summed E-state index contributed by atoms with van der Waals surface area (Å²) < 4.78 is 5.57. The molecule has 0 spiro atoms. The van der Waals surface area contributed by atoms with E-state index in [0.29, 0.717) is 18.1 Å². The lowest BCUT2D eigenvalue weighted by Gasteiger charge is -2.03. The van der Waals surface area contributed by atoms with Crippen molar-refractivity contribution >= 4 is 17.3 Å². The molecule has 0 aliphatic carbocycles. The minimum atomic E-state index is -0.882. The zero-order valence-electron chi connectivity index (χ0n) is 10.6. The van der Waals surface area contributed by atoms with Gasteiger partial charge in [0.05, 0.1) is 13.2 Å². The number of aromatic carboxylic acids is 1. The highest BCUT2D eigenvalue weighted by Gasteiger charge is 2.10. The van der Waals surface area contributed by atoms with Crippen molar-refractivity contribution in [1.29, 1.82) is 0 Å². The van der Waals surface area contributed by atoms with Gasteiger partial charge in [-0.15, -0.1) is 11.3 Å². The largest absolute Gasteiger partial charge is 0.477 e. The smallest absolute Gasteiger partial charge is 0.345 e. The molecule has 0 unspecified atom stereocenters. The first kappa shape index (κ1) is 13.7. The highest BCUT2D eigenvalue weighted by molar-refractivity contribution is 7.14. The Morgan fingerprint density at radius 2 is 2.32 bits per heavy atom. The Bertz CT molecular complexity index is 551. The fraction of sp³-hybridized carbons (Fsp3) is 0.286. The Morgan fingerprint density at radius 1 is 1.47 bits per heavy atom. The predicted molar refractivity (Wildman–Crippen MR) is 73.6 cm³/mol. The molecule has 0 amide bonds. The number of rotatable bonds is 6. The first-order valence-electron chi connectivity index (χ1n) is 5.97. The molecular formula is C14H15NO3S. The van der Waals surface area contributed by atoms with Gasteiger partial charge in [0.2, 0.25) is 0 Å². The summed E-state index contributed by atoms with van der Waals surface area (Å²) >= 11 is 1.28. The van der Waals surface area contributed by atoms with E-state index in [1.165, 1.54) is 11.3 Å². The molecule has 0 atom stereocenters. The molecule has 2 rings (SSSR count). The average Bonchev–Trinajstić information content (AvgIpc) is 2.78. The lowest BCUT2D eigenvalue weighted by Crippen LogP contribution is -2.00. The van der Waals surface area contributed by atoms with Gasteiger partial charge in [0.15, 0.2) is 0 Å². The molecule has 0 aliphatic heterocycles. The highest BCUT2D eigenvalue weighted by atomic mass is 32.1. The Hall–Kier alpha value is -1.72. The minimum Gasteiger partial charge on any atom is -0.477 e. The molecule has 0 bridgehead atoms. The Balaban J connectivity index is 1.81. The number of hydrogen-bond donors (Lipinski definition) is 1. The summed E-state index contributed by atoms with van der Waals surface area (Å²) in [6, 6.07) is 7.47. The van der Waals surface area contributed by atoms with E-state index < -0.39 is 5.97 Å². The normalized spacial score (nSPS) is 10.6. The quantitative estimate of drug-likeness (QED) is 0.825. The molecule has 0 radical (unpaired) electrons. The standard InChI is InChI=1S/C14H15NO3S/c1-10-11(8-13(19-10)14(16)17)9-18-7-5-12-4-2-3-6-15-12/h2-4,6,8H,5,7,9H2,1H3,(H,16,17). The van der Waals surface area contributed by atoms with Crippen LogP contribution in [0.5, 0.6) is 0 Å². The van der Waals surface area contributed by atoms with Crippen molar-refractivity contribution in [3.8, 4) is 0 Å². The van der Waals surface area contributed by atoms with E-state index in [4.69, 9.17) is 9.84 Å². The van der Waals surface area contributed by atoms with E-state index in [-0.39, 0.29) is 0 Å². The number of aryl methyl sites for hydroxylation is 1. The number of carboxylic acids is 1. The summed E-state index contributed by atoms with van der Waals surface area (Å²) in [5.41, 5.74) is 1.94. The van der Waals surface area contributed by atoms with Gasteiger partial charge >= 0.3 is 5.97 Å². The number of carbonyl (C=O) groups is 1. The summed E-state index contributed by atoms with van der Waals surface area (Å²) in [5.74, 6) is -0.882. The summed E-state index contributed by atoms with van der Waals surface area (Å²) in [7, 11) is 0. The van der Waals surface area contributed by atoms with E-state index in [0.717, 1.165) is 22.6 Å². The first-order valence-corrected chi connectivity index (χ1v) is 6.78. The van der Waals surface area contributed by atoms with Crippen LogP contribution in [0.15, 0.2) is 30.5 Å². The van der Waals surface area contributed by atoms with Crippen LogP contribution in [-0.4, -0.2) is 22.7 Å². The van der Waals surface area contributed by atoms with Gasteiger partial charge in [0.25, 0.3) is 0 Å². The minimum absolute atomic E-state index is 0.362. The zero-order chi connectivity index (χ0) is 13.7. The second-order valence-electron chi connectivity index (χ2n) is 4.12. The second-order valence-corrected chi connectivity index (χ2v) is 5.38. The number of nitrogens with zero attached hydrogens (tertiary/aromatic N) is 1. The molecule has 2 heterocycles. The summed E-state index contributed by atoms with van der Waals surface area (Å²) in [6.07, 6.45) is 2.52. The molecule has 2 aromatic rings. The fourth-order valence-corrected chi connectivity index (χ4v) is 2.54. The van der Waals surface area contributed by atoms with Crippen LogP contribution in [0.1, 0.15) is 25.8 Å². The molecule has 19 heavy (non-hydrogen) atoms. The van der Waals surface area contributed by atoms with Gasteiger partial charge in [-0.2, -0.15) is 0 Å². The first-order chi connectivity index (χ1) is 9.16. The van der Waals surface area contributed by atoms with Gasteiger partial charge in [-0.3, -0.25) is 4.98 Å². The van der Waals surface area contributed by atoms with Crippen LogP contribution in [0, 0.1) is 6.92 Å². The topological polar surface area (TPSA) is 59.4 Å². The second kappa shape index (κ2) is 6.45. The van der Waals surface area contributed by atoms with Gasteiger partial charge in [0.1, 0.15) is 4.88 Å².